The summed E-state index contributed by atoms with van der Waals surface area (Å²) in [6, 6.07) is 2.04. The van der Waals surface area contributed by atoms with Crippen LogP contribution < -0.4 is 5.73 Å². The van der Waals surface area contributed by atoms with Gasteiger partial charge in [0.2, 0.25) is 0 Å². The second-order valence-electron chi connectivity index (χ2n) is 3.45. The Morgan fingerprint density at radius 3 is 2.44 bits per heavy atom. The SMILES string of the molecule is Cn1ncnc1Sc1c(F)cc(C(=N)N)cc1F. The molecule has 1 heterocycles. The standard InChI is InChI=1S/C10H9F2N5S/c1-17-10(15-4-16-17)18-8-6(11)2-5(9(13)14)3-7(8)12/h2-4H,1H3,(H3,13,14). The third kappa shape index (κ3) is 2.33. The Labute approximate surface area is 106 Å². The van der Waals surface area contributed by atoms with Crippen molar-refractivity contribution in [3.8, 4) is 0 Å². The summed E-state index contributed by atoms with van der Waals surface area (Å²) in [5.41, 5.74) is 5.19. The average molecular weight is 269 g/mol. The zero-order chi connectivity index (χ0) is 13.3. The molecule has 0 atom stereocenters. The van der Waals surface area contributed by atoms with E-state index in [2.05, 4.69) is 10.1 Å². The number of rotatable bonds is 3. The average Bonchev–Trinajstić information content (AvgIpc) is 2.69. The van der Waals surface area contributed by atoms with Crippen molar-refractivity contribution >= 4 is 17.6 Å². The molecule has 3 N–H and O–H groups in total. The molecule has 2 rings (SSSR count). The summed E-state index contributed by atoms with van der Waals surface area (Å²) in [4.78, 5) is 3.67. The Kier molecular flexibility index (Phi) is 3.28. The lowest BCUT2D eigenvalue weighted by Crippen LogP contribution is -2.12. The fourth-order valence-corrected chi connectivity index (χ4v) is 2.06. The van der Waals surface area contributed by atoms with Crippen molar-refractivity contribution in [3.63, 3.8) is 0 Å². The van der Waals surface area contributed by atoms with Gasteiger partial charge in [-0.1, -0.05) is 0 Å². The summed E-state index contributed by atoms with van der Waals surface area (Å²) in [5.74, 6) is -1.95. The van der Waals surface area contributed by atoms with Gasteiger partial charge < -0.3 is 5.73 Å². The molecule has 0 aliphatic rings. The smallest absolute Gasteiger partial charge is 0.190 e. The van der Waals surface area contributed by atoms with Crippen LogP contribution in [0.1, 0.15) is 5.56 Å². The highest BCUT2D eigenvalue weighted by Crippen LogP contribution is 2.31. The number of benzene rings is 1. The van der Waals surface area contributed by atoms with Gasteiger partial charge in [-0.25, -0.2) is 18.4 Å². The predicted octanol–water partition coefficient (Wildman–Crippen LogP) is 1.53. The van der Waals surface area contributed by atoms with Crippen molar-refractivity contribution < 1.29 is 8.78 Å². The van der Waals surface area contributed by atoms with Gasteiger partial charge in [0.15, 0.2) is 5.16 Å². The van der Waals surface area contributed by atoms with E-state index in [4.69, 9.17) is 11.1 Å². The van der Waals surface area contributed by atoms with Crippen LogP contribution in [-0.2, 0) is 7.05 Å². The van der Waals surface area contributed by atoms with Crippen LogP contribution in [0.3, 0.4) is 0 Å². The van der Waals surface area contributed by atoms with Crippen LogP contribution >= 0.6 is 11.8 Å². The highest BCUT2D eigenvalue weighted by atomic mass is 32.2. The fraction of sp³-hybridized carbons (Fsp3) is 0.100. The first-order chi connectivity index (χ1) is 8.49. The molecule has 0 amide bonds. The summed E-state index contributed by atoms with van der Waals surface area (Å²) in [5, 5.41) is 11.3. The first-order valence-corrected chi connectivity index (χ1v) is 5.66. The molecule has 0 saturated carbocycles. The molecule has 0 spiro atoms. The number of amidine groups is 1. The lowest BCUT2D eigenvalue weighted by molar-refractivity contribution is 0.539. The highest BCUT2D eigenvalue weighted by Gasteiger charge is 2.16. The van der Waals surface area contributed by atoms with E-state index in [0.29, 0.717) is 5.16 Å². The number of aryl methyl sites for hydroxylation is 1. The van der Waals surface area contributed by atoms with Gasteiger partial charge in [0, 0.05) is 12.6 Å². The maximum atomic E-state index is 13.7. The molecule has 1 aromatic carbocycles. The predicted molar refractivity (Wildman–Crippen MR) is 62.5 cm³/mol. The molecular weight excluding hydrogens is 260 g/mol. The monoisotopic (exact) mass is 269 g/mol. The Morgan fingerprint density at radius 1 is 1.39 bits per heavy atom. The normalized spacial score (nSPS) is 10.6. The van der Waals surface area contributed by atoms with Crippen molar-refractivity contribution in [2.75, 3.05) is 0 Å². The Bertz CT molecular complexity index is 587. The van der Waals surface area contributed by atoms with Crippen LogP contribution in [0.2, 0.25) is 0 Å². The minimum absolute atomic E-state index is 0.00677. The number of hydrogen-bond acceptors (Lipinski definition) is 4. The van der Waals surface area contributed by atoms with Crippen LogP contribution in [-0.4, -0.2) is 20.6 Å². The van der Waals surface area contributed by atoms with Gasteiger partial charge in [-0.15, -0.1) is 0 Å². The van der Waals surface area contributed by atoms with E-state index < -0.39 is 11.6 Å². The van der Waals surface area contributed by atoms with Crippen molar-refractivity contribution in [2.24, 2.45) is 12.8 Å². The second-order valence-corrected chi connectivity index (χ2v) is 4.43. The molecular formula is C10H9F2N5S. The largest absolute Gasteiger partial charge is 0.384 e. The third-order valence-corrected chi connectivity index (χ3v) is 3.32. The molecule has 18 heavy (non-hydrogen) atoms. The van der Waals surface area contributed by atoms with Gasteiger partial charge >= 0.3 is 0 Å². The molecule has 94 valence electrons. The summed E-state index contributed by atoms with van der Waals surface area (Å²) in [6.45, 7) is 0. The van der Waals surface area contributed by atoms with Crippen LogP contribution in [0, 0.1) is 17.0 Å². The molecule has 0 unspecified atom stereocenters. The van der Waals surface area contributed by atoms with E-state index >= 15 is 0 Å². The Balaban J connectivity index is 2.40. The van der Waals surface area contributed by atoms with E-state index in [1.807, 2.05) is 0 Å². The van der Waals surface area contributed by atoms with E-state index in [-0.39, 0.29) is 16.3 Å². The molecule has 8 heteroatoms. The number of nitrogens with two attached hydrogens (primary N) is 1. The Morgan fingerprint density at radius 2 is 2.00 bits per heavy atom. The van der Waals surface area contributed by atoms with E-state index in [1.165, 1.54) is 11.0 Å². The summed E-state index contributed by atoms with van der Waals surface area (Å²) in [6.07, 6.45) is 1.29. The number of hydrogen-bond donors (Lipinski definition) is 2. The lowest BCUT2D eigenvalue weighted by Gasteiger charge is -2.06. The zero-order valence-electron chi connectivity index (χ0n) is 9.32. The highest BCUT2D eigenvalue weighted by molar-refractivity contribution is 7.99. The quantitative estimate of drug-likeness (QED) is 0.654. The molecule has 0 radical (unpaired) electrons. The Hall–Kier alpha value is -1.96. The third-order valence-electron chi connectivity index (χ3n) is 2.17. The van der Waals surface area contributed by atoms with Crippen LogP contribution in [0.5, 0.6) is 0 Å². The number of nitrogens with one attached hydrogen (secondary N) is 1. The first kappa shape index (κ1) is 12.5. The molecule has 5 nitrogen and oxygen atoms in total. The maximum absolute atomic E-state index is 13.7. The fourth-order valence-electron chi connectivity index (χ4n) is 1.28. The molecule has 0 saturated heterocycles. The summed E-state index contributed by atoms with van der Waals surface area (Å²) >= 11 is 0.823. The van der Waals surface area contributed by atoms with Crippen molar-refractivity contribution in [3.05, 3.63) is 35.7 Å². The molecule has 0 aliphatic carbocycles. The van der Waals surface area contributed by atoms with Crippen LogP contribution in [0.25, 0.3) is 0 Å². The van der Waals surface area contributed by atoms with Gasteiger partial charge in [-0.05, 0) is 23.9 Å². The number of aromatic nitrogens is 3. The molecule has 0 bridgehead atoms. The molecule has 0 aliphatic heterocycles. The van der Waals surface area contributed by atoms with E-state index in [9.17, 15) is 8.78 Å². The van der Waals surface area contributed by atoms with Crippen molar-refractivity contribution in [2.45, 2.75) is 10.1 Å². The van der Waals surface area contributed by atoms with Crippen molar-refractivity contribution in [1.29, 1.82) is 5.41 Å². The summed E-state index contributed by atoms with van der Waals surface area (Å²) in [7, 11) is 1.62. The number of nitrogens with zero attached hydrogens (tertiary/aromatic N) is 3. The molecule has 1 aromatic heterocycles. The minimum Gasteiger partial charge on any atom is -0.384 e. The van der Waals surface area contributed by atoms with Crippen molar-refractivity contribution in [1.82, 2.24) is 14.8 Å². The number of nitrogen functional groups attached to an aromatic ring is 1. The van der Waals surface area contributed by atoms with E-state index in [1.54, 1.807) is 7.05 Å². The minimum atomic E-state index is -0.784. The van der Waals surface area contributed by atoms with Gasteiger partial charge in [0.05, 0.1) is 4.90 Å². The topological polar surface area (TPSA) is 80.6 Å². The van der Waals surface area contributed by atoms with E-state index in [0.717, 1.165) is 23.9 Å². The van der Waals surface area contributed by atoms with Crippen LogP contribution in [0.4, 0.5) is 8.78 Å². The maximum Gasteiger partial charge on any atom is 0.190 e. The lowest BCUT2D eigenvalue weighted by atomic mass is 10.2. The van der Waals surface area contributed by atoms with Gasteiger partial charge in [-0.3, -0.25) is 5.41 Å². The number of halogens is 2. The van der Waals surface area contributed by atoms with Gasteiger partial charge in [-0.2, -0.15) is 5.10 Å². The summed E-state index contributed by atoms with van der Waals surface area (Å²) < 4.78 is 28.9. The second kappa shape index (κ2) is 4.73. The molecule has 0 fully saturated rings. The zero-order valence-corrected chi connectivity index (χ0v) is 10.1. The van der Waals surface area contributed by atoms with Crippen LogP contribution in [0.15, 0.2) is 28.5 Å². The van der Waals surface area contributed by atoms with Gasteiger partial charge in [0.25, 0.3) is 0 Å². The molecule has 2 aromatic rings. The first-order valence-electron chi connectivity index (χ1n) is 4.84. The van der Waals surface area contributed by atoms with Gasteiger partial charge in [0.1, 0.15) is 23.8 Å².